The van der Waals surface area contributed by atoms with Crippen molar-refractivity contribution in [1.29, 1.82) is 0 Å². The SMILES string of the molecule is Cc1ccc(C(=O)O)cc1NC(=O)C1(C)CCCCN1. The van der Waals surface area contributed by atoms with Gasteiger partial charge in [0.25, 0.3) is 0 Å². The molecule has 2 rings (SSSR count). The van der Waals surface area contributed by atoms with Gasteiger partial charge in [-0.2, -0.15) is 0 Å². The molecule has 1 heterocycles. The van der Waals surface area contributed by atoms with Gasteiger partial charge in [0.05, 0.1) is 11.1 Å². The smallest absolute Gasteiger partial charge is 0.335 e. The highest BCUT2D eigenvalue weighted by atomic mass is 16.4. The van der Waals surface area contributed by atoms with E-state index in [0.717, 1.165) is 31.4 Å². The van der Waals surface area contributed by atoms with Crippen molar-refractivity contribution in [2.24, 2.45) is 0 Å². The molecule has 1 atom stereocenters. The van der Waals surface area contributed by atoms with Crippen LogP contribution < -0.4 is 10.6 Å². The van der Waals surface area contributed by atoms with Crippen LogP contribution >= 0.6 is 0 Å². The Labute approximate surface area is 118 Å². The second-order valence-corrected chi connectivity index (χ2v) is 5.50. The monoisotopic (exact) mass is 276 g/mol. The number of carbonyl (C=O) groups is 2. The number of anilines is 1. The zero-order chi connectivity index (χ0) is 14.8. The lowest BCUT2D eigenvalue weighted by Gasteiger charge is -2.33. The first kappa shape index (κ1) is 14.5. The molecule has 1 unspecified atom stereocenters. The molecule has 0 aliphatic carbocycles. The minimum atomic E-state index is -0.998. The van der Waals surface area contributed by atoms with Gasteiger partial charge in [-0.3, -0.25) is 4.79 Å². The number of aryl methyl sites for hydroxylation is 1. The summed E-state index contributed by atoms with van der Waals surface area (Å²) in [7, 11) is 0. The summed E-state index contributed by atoms with van der Waals surface area (Å²) in [6.07, 6.45) is 2.89. The van der Waals surface area contributed by atoms with Crippen LogP contribution in [0.15, 0.2) is 18.2 Å². The van der Waals surface area contributed by atoms with Crippen molar-refractivity contribution in [1.82, 2.24) is 5.32 Å². The van der Waals surface area contributed by atoms with Crippen molar-refractivity contribution in [2.45, 2.75) is 38.6 Å². The Morgan fingerprint density at radius 3 is 2.70 bits per heavy atom. The molecule has 1 saturated heterocycles. The van der Waals surface area contributed by atoms with Crippen molar-refractivity contribution in [2.75, 3.05) is 11.9 Å². The number of aromatic carboxylic acids is 1. The average molecular weight is 276 g/mol. The molecule has 1 aliphatic rings. The zero-order valence-electron chi connectivity index (χ0n) is 11.8. The number of benzene rings is 1. The number of amides is 1. The standard InChI is InChI=1S/C15H20N2O3/c1-10-5-6-11(13(18)19)9-12(10)17-14(20)15(2)7-3-4-8-16-15/h5-6,9,16H,3-4,7-8H2,1-2H3,(H,17,20)(H,18,19). The lowest BCUT2D eigenvalue weighted by molar-refractivity contribution is -0.122. The van der Waals surface area contributed by atoms with Crippen LogP contribution in [0.1, 0.15) is 42.1 Å². The number of hydrogen-bond acceptors (Lipinski definition) is 3. The summed E-state index contributed by atoms with van der Waals surface area (Å²) < 4.78 is 0. The van der Waals surface area contributed by atoms with Crippen molar-refractivity contribution in [3.8, 4) is 0 Å². The van der Waals surface area contributed by atoms with Gasteiger partial charge in [0.15, 0.2) is 0 Å². The maximum absolute atomic E-state index is 12.4. The van der Waals surface area contributed by atoms with Crippen molar-refractivity contribution in [3.05, 3.63) is 29.3 Å². The molecule has 0 spiro atoms. The lowest BCUT2D eigenvalue weighted by Crippen LogP contribution is -2.54. The molecule has 5 heteroatoms. The van der Waals surface area contributed by atoms with Gasteiger partial charge in [-0.15, -0.1) is 0 Å². The zero-order valence-corrected chi connectivity index (χ0v) is 11.8. The second kappa shape index (κ2) is 5.63. The molecule has 1 fully saturated rings. The van der Waals surface area contributed by atoms with Gasteiger partial charge in [-0.1, -0.05) is 6.07 Å². The number of nitrogens with one attached hydrogen (secondary N) is 2. The molecule has 1 aromatic rings. The van der Waals surface area contributed by atoms with Crippen LogP contribution in [0.5, 0.6) is 0 Å². The van der Waals surface area contributed by atoms with E-state index in [4.69, 9.17) is 5.11 Å². The van der Waals surface area contributed by atoms with Crippen LogP contribution in [0.25, 0.3) is 0 Å². The van der Waals surface area contributed by atoms with E-state index in [2.05, 4.69) is 10.6 Å². The van der Waals surface area contributed by atoms with E-state index in [-0.39, 0.29) is 11.5 Å². The number of piperidine rings is 1. The predicted molar refractivity (Wildman–Crippen MR) is 77.0 cm³/mol. The molecule has 0 bridgehead atoms. The maximum atomic E-state index is 12.4. The third kappa shape index (κ3) is 2.99. The first-order chi connectivity index (χ1) is 9.42. The average Bonchev–Trinajstić information content (AvgIpc) is 2.41. The quantitative estimate of drug-likeness (QED) is 0.790. The third-order valence-corrected chi connectivity index (χ3v) is 3.85. The lowest BCUT2D eigenvalue weighted by atomic mass is 9.90. The molecule has 0 saturated carbocycles. The highest BCUT2D eigenvalue weighted by Crippen LogP contribution is 2.23. The van der Waals surface area contributed by atoms with E-state index in [9.17, 15) is 9.59 Å². The predicted octanol–water partition coefficient (Wildman–Crippen LogP) is 2.16. The molecule has 20 heavy (non-hydrogen) atoms. The first-order valence-electron chi connectivity index (χ1n) is 6.83. The fourth-order valence-electron chi connectivity index (χ4n) is 2.40. The normalized spacial score (nSPS) is 22.3. The van der Waals surface area contributed by atoms with Gasteiger partial charge < -0.3 is 15.7 Å². The van der Waals surface area contributed by atoms with Gasteiger partial charge >= 0.3 is 5.97 Å². The van der Waals surface area contributed by atoms with E-state index < -0.39 is 11.5 Å². The van der Waals surface area contributed by atoms with E-state index in [1.54, 1.807) is 6.07 Å². The molecule has 1 aromatic carbocycles. The maximum Gasteiger partial charge on any atom is 0.335 e. The summed E-state index contributed by atoms with van der Waals surface area (Å²) in [5, 5.41) is 15.1. The Morgan fingerprint density at radius 2 is 2.10 bits per heavy atom. The highest BCUT2D eigenvalue weighted by molar-refractivity contribution is 5.99. The van der Waals surface area contributed by atoms with E-state index >= 15 is 0 Å². The van der Waals surface area contributed by atoms with Crippen molar-refractivity contribution in [3.63, 3.8) is 0 Å². The molecular weight excluding hydrogens is 256 g/mol. The Hall–Kier alpha value is -1.88. The van der Waals surface area contributed by atoms with E-state index in [0.29, 0.717) is 5.69 Å². The minimum absolute atomic E-state index is 0.108. The Kier molecular flexibility index (Phi) is 4.09. The number of rotatable bonds is 3. The molecule has 0 radical (unpaired) electrons. The van der Waals surface area contributed by atoms with E-state index in [1.807, 2.05) is 13.8 Å². The Balaban J connectivity index is 2.18. The Morgan fingerprint density at radius 1 is 1.35 bits per heavy atom. The van der Waals surface area contributed by atoms with Crippen LogP contribution in [0.2, 0.25) is 0 Å². The fourth-order valence-corrected chi connectivity index (χ4v) is 2.40. The summed E-state index contributed by atoms with van der Waals surface area (Å²) in [4.78, 5) is 23.4. The largest absolute Gasteiger partial charge is 0.478 e. The molecule has 1 amide bonds. The van der Waals surface area contributed by atoms with Crippen LogP contribution in [0, 0.1) is 6.92 Å². The van der Waals surface area contributed by atoms with Crippen LogP contribution in [-0.4, -0.2) is 29.1 Å². The minimum Gasteiger partial charge on any atom is -0.478 e. The first-order valence-corrected chi connectivity index (χ1v) is 6.83. The van der Waals surface area contributed by atoms with Crippen LogP contribution in [0.4, 0.5) is 5.69 Å². The third-order valence-electron chi connectivity index (χ3n) is 3.85. The topological polar surface area (TPSA) is 78.4 Å². The van der Waals surface area contributed by atoms with Gasteiger partial charge in [0.2, 0.25) is 5.91 Å². The Bertz CT molecular complexity index is 534. The summed E-state index contributed by atoms with van der Waals surface area (Å²) >= 11 is 0. The van der Waals surface area contributed by atoms with Crippen molar-refractivity contribution < 1.29 is 14.7 Å². The number of carboxylic acids is 1. The summed E-state index contributed by atoms with van der Waals surface area (Å²) in [6.45, 7) is 4.56. The van der Waals surface area contributed by atoms with Gasteiger partial charge in [0.1, 0.15) is 0 Å². The summed E-state index contributed by atoms with van der Waals surface area (Å²) in [5.74, 6) is -1.11. The van der Waals surface area contributed by atoms with Crippen LogP contribution in [0.3, 0.4) is 0 Å². The summed E-state index contributed by atoms with van der Waals surface area (Å²) in [6, 6.07) is 4.74. The molecule has 5 nitrogen and oxygen atoms in total. The van der Waals surface area contributed by atoms with Gasteiger partial charge in [0, 0.05) is 5.69 Å². The number of hydrogen-bond donors (Lipinski definition) is 3. The fraction of sp³-hybridized carbons (Fsp3) is 0.467. The second-order valence-electron chi connectivity index (χ2n) is 5.50. The van der Waals surface area contributed by atoms with Crippen molar-refractivity contribution >= 4 is 17.6 Å². The summed E-state index contributed by atoms with van der Waals surface area (Å²) in [5.41, 5.74) is 1.00. The molecule has 0 aromatic heterocycles. The number of carbonyl (C=O) groups excluding carboxylic acids is 1. The van der Waals surface area contributed by atoms with Crippen LogP contribution in [-0.2, 0) is 4.79 Å². The van der Waals surface area contributed by atoms with Gasteiger partial charge in [-0.25, -0.2) is 4.79 Å². The molecule has 3 N–H and O–H groups in total. The number of carboxylic acid groups (broad SMARTS) is 1. The van der Waals surface area contributed by atoms with Gasteiger partial charge in [-0.05, 0) is 57.4 Å². The van der Waals surface area contributed by atoms with E-state index in [1.165, 1.54) is 12.1 Å². The molecule has 108 valence electrons. The highest BCUT2D eigenvalue weighted by Gasteiger charge is 2.34. The molecule has 1 aliphatic heterocycles. The molecular formula is C15H20N2O3.